The molecular weight excluding hydrogens is 435 g/mol. The summed E-state index contributed by atoms with van der Waals surface area (Å²) in [5, 5.41) is 6.21. The van der Waals surface area contributed by atoms with Crippen molar-refractivity contribution in [2.24, 2.45) is 5.73 Å². The third-order valence-corrected chi connectivity index (χ3v) is 3.95. The summed E-state index contributed by atoms with van der Waals surface area (Å²) in [6.07, 6.45) is 0. The molecular formula is C13H20Cl5N5O2. The highest BCUT2D eigenvalue weighted by atomic mass is 35.5. The Labute approximate surface area is 174 Å². The average Bonchev–Trinajstić information content (AvgIpc) is 2.43. The fourth-order valence-corrected chi connectivity index (χ4v) is 2.89. The Morgan fingerprint density at radius 3 is 2.32 bits per heavy atom. The monoisotopic (exact) mass is 453 g/mol. The highest BCUT2D eigenvalue weighted by molar-refractivity contribution is 6.40. The molecule has 1 aliphatic heterocycles. The zero-order valence-corrected chi connectivity index (χ0v) is 16.9. The minimum atomic E-state index is -0.517. The second kappa shape index (κ2) is 11.9. The van der Waals surface area contributed by atoms with E-state index in [0.717, 1.165) is 0 Å². The Morgan fingerprint density at radius 1 is 1.24 bits per heavy atom. The Morgan fingerprint density at radius 2 is 1.80 bits per heavy atom. The largest absolute Gasteiger partial charge is 0.399 e. The molecule has 0 radical (unpaired) electrons. The molecule has 1 heterocycles. The van der Waals surface area contributed by atoms with Gasteiger partial charge in [-0.05, 0) is 12.1 Å². The number of benzene rings is 1. The number of halogens is 5. The predicted octanol–water partition coefficient (Wildman–Crippen LogP) is 1.54. The molecule has 1 aliphatic rings. The van der Waals surface area contributed by atoms with E-state index >= 15 is 0 Å². The Balaban J connectivity index is 0. The molecule has 1 saturated heterocycles. The lowest BCUT2D eigenvalue weighted by Gasteiger charge is -2.33. The summed E-state index contributed by atoms with van der Waals surface area (Å²) in [7, 11) is 0. The number of piperazine rings is 1. The molecule has 2 rings (SSSR count). The van der Waals surface area contributed by atoms with Crippen LogP contribution in [-0.4, -0.2) is 48.9 Å². The maximum absolute atomic E-state index is 12.2. The summed E-state index contributed by atoms with van der Waals surface area (Å²) in [5.41, 5.74) is 11.7. The van der Waals surface area contributed by atoms with E-state index in [9.17, 15) is 9.59 Å². The number of hydrogen-bond acceptors (Lipinski definition) is 5. The summed E-state index contributed by atoms with van der Waals surface area (Å²) in [4.78, 5) is 25.3. The van der Waals surface area contributed by atoms with E-state index in [4.69, 9.17) is 34.7 Å². The van der Waals surface area contributed by atoms with Gasteiger partial charge in [-0.3, -0.25) is 14.5 Å². The number of primary amides is 1. The molecule has 2 amide bonds. The van der Waals surface area contributed by atoms with Crippen LogP contribution in [0, 0.1) is 0 Å². The van der Waals surface area contributed by atoms with Gasteiger partial charge in [0.2, 0.25) is 11.8 Å². The smallest absolute Gasteiger partial charge is 0.238 e. The van der Waals surface area contributed by atoms with Gasteiger partial charge in [0, 0.05) is 25.3 Å². The number of nitrogen functional groups attached to an aromatic ring is 1. The molecule has 0 unspecified atom stereocenters. The lowest BCUT2D eigenvalue weighted by molar-refractivity contribution is -0.125. The Bertz CT molecular complexity index is 581. The molecule has 0 spiro atoms. The van der Waals surface area contributed by atoms with Crippen LogP contribution < -0.4 is 22.1 Å². The quantitative estimate of drug-likeness (QED) is 0.515. The third-order valence-electron chi connectivity index (χ3n) is 3.36. The SMILES string of the molecule is Cl.Cl.Cl.NC(=O)[C@H]1CNCCN1CC(=O)Nc1c(Cl)cc(N)cc1Cl. The van der Waals surface area contributed by atoms with Crippen LogP contribution in [0.2, 0.25) is 10.0 Å². The highest BCUT2D eigenvalue weighted by Crippen LogP contribution is 2.32. The summed E-state index contributed by atoms with van der Waals surface area (Å²) >= 11 is 12.0. The van der Waals surface area contributed by atoms with Gasteiger partial charge in [-0.15, -0.1) is 37.2 Å². The normalized spacial score (nSPS) is 16.6. The van der Waals surface area contributed by atoms with Gasteiger partial charge in [0.05, 0.1) is 22.3 Å². The summed E-state index contributed by atoms with van der Waals surface area (Å²) in [5.74, 6) is -0.801. The molecule has 1 aromatic rings. The number of hydrogen-bond donors (Lipinski definition) is 4. The molecule has 0 saturated carbocycles. The molecule has 1 aromatic carbocycles. The minimum Gasteiger partial charge on any atom is -0.399 e. The molecule has 1 atom stereocenters. The first kappa shape index (κ1) is 26.6. The van der Waals surface area contributed by atoms with E-state index in [1.807, 2.05) is 0 Å². The molecule has 7 nitrogen and oxygen atoms in total. The van der Waals surface area contributed by atoms with Crippen molar-refractivity contribution >= 4 is 83.6 Å². The van der Waals surface area contributed by atoms with E-state index in [1.54, 1.807) is 4.90 Å². The van der Waals surface area contributed by atoms with Crippen LogP contribution in [0.3, 0.4) is 0 Å². The molecule has 1 fully saturated rings. The van der Waals surface area contributed by atoms with Gasteiger partial charge in [0.15, 0.2) is 0 Å². The lowest BCUT2D eigenvalue weighted by Crippen LogP contribution is -2.58. The van der Waals surface area contributed by atoms with E-state index in [2.05, 4.69) is 10.6 Å². The first-order chi connectivity index (χ1) is 10.4. The molecule has 0 aromatic heterocycles. The lowest BCUT2D eigenvalue weighted by atomic mass is 10.2. The average molecular weight is 456 g/mol. The summed E-state index contributed by atoms with van der Waals surface area (Å²) in [6, 6.07) is 2.48. The molecule has 0 bridgehead atoms. The van der Waals surface area contributed by atoms with Crippen LogP contribution in [0.5, 0.6) is 0 Å². The topological polar surface area (TPSA) is 113 Å². The van der Waals surface area contributed by atoms with E-state index in [-0.39, 0.29) is 59.7 Å². The minimum absolute atomic E-state index is 0. The summed E-state index contributed by atoms with van der Waals surface area (Å²) < 4.78 is 0. The number of carbonyl (C=O) groups is 2. The predicted molar refractivity (Wildman–Crippen MR) is 109 cm³/mol. The maximum Gasteiger partial charge on any atom is 0.238 e. The molecule has 144 valence electrons. The van der Waals surface area contributed by atoms with Crippen molar-refractivity contribution in [3.8, 4) is 0 Å². The van der Waals surface area contributed by atoms with E-state index in [1.165, 1.54) is 12.1 Å². The van der Waals surface area contributed by atoms with Crippen molar-refractivity contribution in [1.82, 2.24) is 10.2 Å². The van der Waals surface area contributed by atoms with Crippen molar-refractivity contribution in [2.75, 3.05) is 37.2 Å². The van der Waals surface area contributed by atoms with Crippen LogP contribution in [0.25, 0.3) is 0 Å². The number of nitrogens with two attached hydrogens (primary N) is 2. The fourth-order valence-electron chi connectivity index (χ4n) is 2.29. The van der Waals surface area contributed by atoms with Gasteiger partial charge >= 0.3 is 0 Å². The number of anilines is 2. The van der Waals surface area contributed by atoms with E-state index < -0.39 is 11.9 Å². The van der Waals surface area contributed by atoms with Gasteiger partial charge in [0.1, 0.15) is 6.04 Å². The Hall–Kier alpha value is -0.670. The van der Waals surface area contributed by atoms with Crippen LogP contribution in [0.4, 0.5) is 11.4 Å². The third kappa shape index (κ3) is 7.22. The van der Waals surface area contributed by atoms with Crippen molar-refractivity contribution in [1.29, 1.82) is 0 Å². The van der Waals surface area contributed by atoms with Gasteiger partial charge in [-0.25, -0.2) is 0 Å². The molecule has 12 heteroatoms. The number of nitrogens with one attached hydrogen (secondary N) is 2. The number of amides is 2. The van der Waals surface area contributed by atoms with Gasteiger partial charge in [0.25, 0.3) is 0 Å². The highest BCUT2D eigenvalue weighted by Gasteiger charge is 2.28. The number of rotatable bonds is 4. The fraction of sp³-hybridized carbons (Fsp3) is 0.385. The first-order valence-electron chi connectivity index (χ1n) is 6.67. The van der Waals surface area contributed by atoms with Crippen molar-refractivity contribution in [3.05, 3.63) is 22.2 Å². The van der Waals surface area contributed by atoms with Crippen LogP contribution in [0.15, 0.2) is 12.1 Å². The molecule has 6 N–H and O–H groups in total. The zero-order chi connectivity index (χ0) is 16.3. The second-order valence-corrected chi connectivity index (χ2v) is 5.81. The molecule has 25 heavy (non-hydrogen) atoms. The first-order valence-corrected chi connectivity index (χ1v) is 7.42. The zero-order valence-electron chi connectivity index (χ0n) is 13.0. The van der Waals surface area contributed by atoms with E-state index in [0.29, 0.717) is 31.0 Å². The van der Waals surface area contributed by atoms with Crippen molar-refractivity contribution < 1.29 is 9.59 Å². The van der Waals surface area contributed by atoms with Crippen molar-refractivity contribution in [3.63, 3.8) is 0 Å². The van der Waals surface area contributed by atoms with Gasteiger partial charge in [-0.1, -0.05) is 23.2 Å². The van der Waals surface area contributed by atoms with Crippen molar-refractivity contribution in [2.45, 2.75) is 6.04 Å². The van der Waals surface area contributed by atoms with Gasteiger partial charge < -0.3 is 22.1 Å². The molecule has 0 aliphatic carbocycles. The number of carbonyl (C=O) groups excluding carboxylic acids is 2. The van der Waals surface area contributed by atoms with Crippen LogP contribution >= 0.6 is 60.4 Å². The van der Waals surface area contributed by atoms with Crippen LogP contribution in [0.1, 0.15) is 0 Å². The number of nitrogens with zero attached hydrogens (tertiary/aromatic N) is 1. The summed E-state index contributed by atoms with van der Waals surface area (Å²) in [6.45, 7) is 1.67. The van der Waals surface area contributed by atoms with Gasteiger partial charge in [-0.2, -0.15) is 0 Å². The Kier molecular flexibility index (Phi) is 12.6. The standard InChI is InChI=1S/C13H17Cl2N5O2.3ClH/c14-8-3-7(16)4-9(15)12(8)19-11(21)6-20-2-1-18-5-10(20)13(17)22;;;/h3-4,10,18H,1-2,5-6,16H2,(H2,17,22)(H,19,21);3*1H/t10-;;;/m1.../s1. The second-order valence-electron chi connectivity index (χ2n) is 5.00. The maximum atomic E-state index is 12.2. The van der Waals surface area contributed by atoms with Crippen LogP contribution in [-0.2, 0) is 9.59 Å².